The van der Waals surface area contributed by atoms with Crippen molar-refractivity contribution in [3.63, 3.8) is 0 Å². The van der Waals surface area contributed by atoms with Crippen molar-refractivity contribution in [3.05, 3.63) is 24.0 Å². The maximum absolute atomic E-state index is 11.9. The molecular formula is C5HFN3. The molecule has 0 amide bonds. The van der Waals surface area contributed by atoms with E-state index in [2.05, 4.69) is 16.2 Å². The van der Waals surface area contributed by atoms with Crippen molar-refractivity contribution < 1.29 is 4.39 Å². The van der Waals surface area contributed by atoms with Gasteiger partial charge in [-0.2, -0.15) is 14.6 Å². The van der Waals surface area contributed by atoms with Crippen LogP contribution < -0.4 is 0 Å². The van der Waals surface area contributed by atoms with Gasteiger partial charge < -0.3 is 0 Å². The van der Waals surface area contributed by atoms with Gasteiger partial charge in [0.2, 0.25) is 0 Å². The van der Waals surface area contributed by atoms with Crippen LogP contribution in [0.4, 0.5) is 4.39 Å². The molecule has 43 valence electrons. The van der Waals surface area contributed by atoms with Gasteiger partial charge in [-0.05, 0) is 0 Å². The molecule has 0 fully saturated rings. The van der Waals surface area contributed by atoms with E-state index in [1.807, 2.05) is 0 Å². The van der Waals surface area contributed by atoms with Gasteiger partial charge in [-0.15, -0.1) is 0 Å². The topological polar surface area (TPSA) is 49.6 Å². The number of halogens is 1. The monoisotopic (exact) mass is 122 g/mol. The molecule has 0 atom stereocenters. The van der Waals surface area contributed by atoms with Gasteiger partial charge in [-0.3, -0.25) is 0 Å². The lowest BCUT2D eigenvalue weighted by Gasteiger charge is -1.82. The zero-order valence-corrected chi connectivity index (χ0v) is 4.30. The molecule has 4 heteroatoms. The van der Waals surface area contributed by atoms with Crippen molar-refractivity contribution in [2.24, 2.45) is 0 Å². The summed E-state index contributed by atoms with van der Waals surface area (Å²) in [5.41, 5.74) is 0.136. The molecule has 0 saturated heterocycles. The molecule has 0 bridgehead atoms. The Morgan fingerprint density at radius 3 is 3.00 bits per heavy atom. The fraction of sp³-hybridized carbons (Fsp3) is 0. The van der Waals surface area contributed by atoms with Crippen molar-refractivity contribution >= 4 is 0 Å². The smallest absolute Gasteiger partial charge is 0.209 e. The highest BCUT2D eigenvalue weighted by atomic mass is 19.1. The zero-order valence-electron chi connectivity index (χ0n) is 4.30. The normalized spacial score (nSPS) is 8.44. The van der Waals surface area contributed by atoms with Crippen LogP contribution in [-0.2, 0) is 0 Å². The van der Waals surface area contributed by atoms with Gasteiger partial charge in [0.1, 0.15) is 12.3 Å². The second-order valence-corrected chi connectivity index (χ2v) is 1.28. The molecule has 3 nitrogen and oxygen atoms in total. The summed E-state index contributed by atoms with van der Waals surface area (Å²) < 4.78 is 11.9. The van der Waals surface area contributed by atoms with Crippen molar-refractivity contribution in [2.45, 2.75) is 0 Å². The summed E-state index contributed by atoms with van der Waals surface area (Å²) in [6.45, 7) is 0. The fourth-order valence-electron chi connectivity index (χ4n) is 0.336. The molecule has 0 unspecified atom stereocenters. The highest BCUT2D eigenvalue weighted by molar-refractivity contribution is 5.19. The lowest BCUT2D eigenvalue weighted by molar-refractivity contribution is 0.537. The summed E-state index contributed by atoms with van der Waals surface area (Å²) in [6.07, 6.45) is 2.34. The van der Waals surface area contributed by atoms with Crippen LogP contribution >= 0.6 is 0 Å². The van der Waals surface area contributed by atoms with Gasteiger partial charge >= 0.3 is 6.08 Å². The molecule has 1 aromatic rings. The Balaban J connectivity index is 3.06. The molecule has 0 aliphatic rings. The van der Waals surface area contributed by atoms with Crippen LogP contribution in [0, 0.1) is 23.6 Å². The lowest BCUT2D eigenvalue weighted by atomic mass is 10.4. The first-order valence-corrected chi connectivity index (χ1v) is 2.13. The van der Waals surface area contributed by atoms with Gasteiger partial charge in [0.25, 0.3) is 0 Å². The van der Waals surface area contributed by atoms with Crippen LogP contribution in [0.1, 0.15) is 5.56 Å². The Hall–Kier alpha value is -1.50. The number of nitrogens with zero attached hydrogens (tertiary/aromatic N) is 3. The Bertz CT molecular complexity index is 235. The molecule has 0 aliphatic heterocycles. The minimum absolute atomic E-state index is 0.136. The third-order valence-electron chi connectivity index (χ3n) is 0.689. The number of nitriles is 1. The minimum Gasteiger partial charge on any atom is -0.209 e. The van der Waals surface area contributed by atoms with Crippen LogP contribution in [0.25, 0.3) is 0 Å². The summed E-state index contributed by atoms with van der Waals surface area (Å²) in [5, 5.41) is 8.14. The molecular weight excluding hydrogens is 121 g/mol. The van der Waals surface area contributed by atoms with Crippen LogP contribution in [0.2, 0.25) is 0 Å². The summed E-state index contributed by atoms with van der Waals surface area (Å²) in [7, 11) is 0. The number of aromatic nitrogens is 2. The van der Waals surface area contributed by atoms with E-state index in [0.29, 0.717) is 0 Å². The summed E-state index contributed by atoms with van der Waals surface area (Å²) in [4.78, 5) is 6.14. The van der Waals surface area contributed by atoms with Crippen LogP contribution in [0.3, 0.4) is 0 Å². The van der Waals surface area contributed by atoms with E-state index >= 15 is 0 Å². The maximum atomic E-state index is 11.9. The molecule has 0 spiro atoms. The third-order valence-corrected chi connectivity index (χ3v) is 0.689. The van der Waals surface area contributed by atoms with Gasteiger partial charge in [-0.1, -0.05) is 0 Å². The van der Waals surface area contributed by atoms with E-state index in [1.165, 1.54) is 0 Å². The minimum atomic E-state index is -0.867. The van der Waals surface area contributed by atoms with Crippen LogP contribution in [0.15, 0.2) is 6.20 Å². The first kappa shape index (κ1) is 5.63. The lowest BCUT2D eigenvalue weighted by Crippen LogP contribution is -1.88. The van der Waals surface area contributed by atoms with Gasteiger partial charge in [0, 0.05) is 0 Å². The highest BCUT2D eigenvalue weighted by Gasteiger charge is 1.92. The highest BCUT2D eigenvalue weighted by Crippen LogP contribution is 1.89. The van der Waals surface area contributed by atoms with E-state index in [9.17, 15) is 4.39 Å². The summed E-state index contributed by atoms with van der Waals surface area (Å²) in [6, 6.07) is 1.71. The van der Waals surface area contributed by atoms with Gasteiger partial charge in [0.15, 0.2) is 0 Å². The van der Waals surface area contributed by atoms with Gasteiger partial charge in [0.05, 0.1) is 11.8 Å². The maximum Gasteiger partial charge on any atom is 0.309 e. The number of hydrogen-bond acceptors (Lipinski definition) is 3. The molecule has 1 rings (SSSR count). The van der Waals surface area contributed by atoms with E-state index in [-0.39, 0.29) is 5.56 Å². The molecule has 1 radical (unpaired) electrons. The molecule has 0 aliphatic carbocycles. The Morgan fingerprint density at radius 1 is 1.78 bits per heavy atom. The largest absolute Gasteiger partial charge is 0.309 e. The average molecular weight is 122 g/mol. The molecule has 9 heavy (non-hydrogen) atoms. The second kappa shape index (κ2) is 2.18. The summed E-state index contributed by atoms with van der Waals surface area (Å²) in [5.74, 6) is 0. The van der Waals surface area contributed by atoms with E-state index < -0.39 is 6.08 Å². The Kier molecular flexibility index (Phi) is 1.36. The Labute approximate surface area is 50.8 Å². The molecule has 0 aromatic carbocycles. The Morgan fingerprint density at radius 2 is 2.56 bits per heavy atom. The summed E-state index contributed by atoms with van der Waals surface area (Å²) >= 11 is 0. The molecule has 0 saturated carbocycles. The van der Waals surface area contributed by atoms with E-state index in [0.717, 1.165) is 6.20 Å². The van der Waals surface area contributed by atoms with Crippen molar-refractivity contribution in [2.75, 3.05) is 0 Å². The van der Waals surface area contributed by atoms with Crippen LogP contribution in [0.5, 0.6) is 0 Å². The average Bonchev–Trinajstić information content (AvgIpc) is 1.90. The fourth-order valence-corrected chi connectivity index (χ4v) is 0.336. The number of rotatable bonds is 0. The predicted molar refractivity (Wildman–Crippen MR) is 25.5 cm³/mol. The van der Waals surface area contributed by atoms with Crippen molar-refractivity contribution in [1.29, 1.82) is 5.26 Å². The van der Waals surface area contributed by atoms with Crippen molar-refractivity contribution in [1.82, 2.24) is 9.97 Å². The standard InChI is InChI=1S/C5HFN3/c6-5-8-2-4(1-7)3-9-5/h2H. The first-order chi connectivity index (χ1) is 4.33. The second-order valence-electron chi connectivity index (χ2n) is 1.28. The van der Waals surface area contributed by atoms with E-state index in [1.54, 1.807) is 6.07 Å². The van der Waals surface area contributed by atoms with Gasteiger partial charge in [-0.25, -0.2) is 4.98 Å². The first-order valence-electron chi connectivity index (χ1n) is 2.13. The molecule has 0 N–H and O–H groups in total. The zero-order chi connectivity index (χ0) is 6.69. The number of hydrogen-bond donors (Lipinski definition) is 0. The predicted octanol–water partition coefficient (Wildman–Crippen LogP) is 0.288. The van der Waals surface area contributed by atoms with E-state index in [4.69, 9.17) is 5.26 Å². The molecule has 1 aromatic heterocycles. The van der Waals surface area contributed by atoms with Crippen LogP contribution in [-0.4, -0.2) is 9.97 Å². The quantitative estimate of drug-likeness (QED) is 0.464. The SMILES string of the molecule is N#Cc1[c]nc(F)nc1. The third kappa shape index (κ3) is 1.19. The van der Waals surface area contributed by atoms with Crippen molar-refractivity contribution in [3.8, 4) is 6.07 Å². The molecule has 1 heterocycles.